The largest absolute Gasteiger partial charge is 0.368 e. The van der Waals surface area contributed by atoms with Crippen molar-refractivity contribution < 1.29 is 4.79 Å². The monoisotopic (exact) mass is 298 g/mol. The Kier molecular flexibility index (Phi) is 6.00. The predicted molar refractivity (Wildman–Crippen MR) is 82.6 cm³/mol. The number of nitrogen functional groups attached to an aromatic ring is 1. The fraction of sp³-hybridized carbons (Fsp3) is 0.667. The van der Waals surface area contributed by atoms with Crippen LogP contribution >= 0.6 is 11.8 Å². The van der Waals surface area contributed by atoms with E-state index in [1.165, 1.54) is 11.8 Å². The second kappa shape index (κ2) is 7.28. The molecule has 0 bridgehead atoms. The lowest BCUT2D eigenvalue weighted by Crippen LogP contribution is -2.34. The highest BCUT2D eigenvalue weighted by molar-refractivity contribution is 7.99. The minimum Gasteiger partial charge on any atom is -0.368 e. The Morgan fingerprint density at radius 3 is 2.45 bits per heavy atom. The molecular weight excluding hydrogens is 276 g/mol. The molecule has 1 amide bonds. The average molecular weight is 298 g/mol. The summed E-state index contributed by atoms with van der Waals surface area (Å²) >= 11 is 1.47. The number of nitrogens with zero attached hydrogens (tertiary/aromatic N) is 5. The molecule has 0 fully saturated rings. The summed E-state index contributed by atoms with van der Waals surface area (Å²) in [7, 11) is 5.48. The molecule has 1 heterocycles. The Morgan fingerprint density at radius 1 is 1.25 bits per heavy atom. The molecule has 8 heteroatoms. The zero-order valence-corrected chi connectivity index (χ0v) is 13.4. The molecule has 0 atom stereocenters. The molecule has 1 aromatic heterocycles. The molecule has 2 N–H and O–H groups in total. The number of carbonyl (C=O) groups is 1. The van der Waals surface area contributed by atoms with Crippen LogP contribution in [0, 0.1) is 0 Å². The molecule has 1 rings (SSSR count). The SMILES string of the molecule is CC(C)N(C)C(=O)CSCc1nc(N)nc(N(C)C)n1. The molecule has 0 aromatic carbocycles. The fourth-order valence-corrected chi connectivity index (χ4v) is 2.10. The number of aromatic nitrogens is 3. The van der Waals surface area contributed by atoms with E-state index in [9.17, 15) is 4.79 Å². The molecule has 0 aliphatic carbocycles. The first-order chi connectivity index (χ1) is 9.31. The molecule has 0 radical (unpaired) electrons. The van der Waals surface area contributed by atoms with Crippen LogP contribution < -0.4 is 10.6 Å². The number of thioether (sulfide) groups is 1. The first kappa shape index (κ1) is 16.5. The summed E-state index contributed by atoms with van der Waals surface area (Å²) in [6, 6.07) is 0.205. The van der Waals surface area contributed by atoms with E-state index >= 15 is 0 Å². The maximum atomic E-state index is 11.8. The second-order valence-electron chi connectivity index (χ2n) is 4.90. The van der Waals surface area contributed by atoms with Gasteiger partial charge in [-0.15, -0.1) is 11.8 Å². The van der Waals surface area contributed by atoms with E-state index in [1.807, 2.05) is 27.9 Å². The molecule has 0 spiro atoms. The predicted octanol–water partition coefficient (Wildman–Crippen LogP) is 0.620. The quantitative estimate of drug-likeness (QED) is 0.823. The summed E-state index contributed by atoms with van der Waals surface area (Å²) in [5.41, 5.74) is 5.64. The van der Waals surface area contributed by atoms with E-state index < -0.39 is 0 Å². The van der Waals surface area contributed by atoms with Crippen LogP contribution in [0.3, 0.4) is 0 Å². The lowest BCUT2D eigenvalue weighted by molar-refractivity contribution is -0.128. The van der Waals surface area contributed by atoms with Gasteiger partial charge in [0.25, 0.3) is 0 Å². The molecule has 0 aliphatic rings. The second-order valence-corrected chi connectivity index (χ2v) is 5.88. The lowest BCUT2D eigenvalue weighted by Gasteiger charge is -2.21. The van der Waals surface area contributed by atoms with E-state index in [2.05, 4.69) is 15.0 Å². The smallest absolute Gasteiger partial charge is 0.232 e. The minimum absolute atomic E-state index is 0.0971. The topological polar surface area (TPSA) is 88.2 Å². The van der Waals surface area contributed by atoms with Crippen molar-refractivity contribution in [3.05, 3.63) is 5.82 Å². The first-order valence-electron chi connectivity index (χ1n) is 6.32. The average Bonchev–Trinajstić information content (AvgIpc) is 2.36. The van der Waals surface area contributed by atoms with Crippen LogP contribution in [0.25, 0.3) is 0 Å². The standard InChI is InChI=1S/C12H22N6OS/c1-8(2)18(5)10(19)7-20-6-9-14-11(13)16-12(15-9)17(3)4/h8H,6-7H2,1-5H3,(H2,13,14,15,16). The minimum atomic E-state index is 0.0971. The molecule has 0 unspecified atom stereocenters. The highest BCUT2D eigenvalue weighted by atomic mass is 32.2. The molecule has 0 aliphatic heterocycles. The number of hydrogen-bond donors (Lipinski definition) is 1. The van der Waals surface area contributed by atoms with E-state index in [0.717, 1.165) is 0 Å². The Morgan fingerprint density at radius 2 is 1.90 bits per heavy atom. The number of nitrogens with two attached hydrogens (primary N) is 1. The number of amides is 1. The Hall–Kier alpha value is -1.57. The van der Waals surface area contributed by atoms with Gasteiger partial charge in [-0.1, -0.05) is 0 Å². The number of carbonyl (C=O) groups excluding carboxylic acids is 1. The third kappa shape index (κ3) is 4.84. The van der Waals surface area contributed by atoms with Crippen LogP contribution in [0.15, 0.2) is 0 Å². The van der Waals surface area contributed by atoms with Crippen molar-refractivity contribution in [1.29, 1.82) is 0 Å². The van der Waals surface area contributed by atoms with Crippen molar-refractivity contribution in [2.24, 2.45) is 0 Å². The number of anilines is 2. The van der Waals surface area contributed by atoms with Crippen LogP contribution in [0.1, 0.15) is 19.7 Å². The summed E-state index contributed by atoms with van der Waals surface area (Å²) in [6.45, 7) is 3.97. The van der Waals surface area contributed by atoms with Gasteiger partial charge in [-0.3, -0.25) is 4.79 Å². The highest BCUT2D eigenvalue weighted by Gasteiger charge is 2.12. The van der Waals surface area contributed by atoms with Gasteiger partial charge in [0.05, 0.1) is 11.5 Å². The summed E-state index contributed by atoms with van der Waals surface area (Å²) in [5, 5.41) is 0. The maximum Gasteiger partial charge on any atom is 0.232 e. The highest BCUT2D eigenvalue weighted by Crippen LogP contribution is 2.13. The zero-order valence-electron chi connectivity index (χ0n) is 12.6. The lowest BCUT2D eigenvalue weighted by atomic mass is 10.3. The van der Waals surface area contributed by atoms with Gasteiger partial charge in [0.1, 0.15) is 5.82 Å². The van der Waals surface area contributed by atoms with Crippen LogP contribution in [0.5, 0.6) is 0 Å². The van der Waals surface area contributed by atoms with Crippen molar-refractivity contribution in [1.82, 2.24) is 19.9 Å². The van der Waals surface area contributed by atoms with Crippen molar-refractivity contribution in [2.45, 2.75) is 25.6 Å². The van der Waals surface area contributed by atoms with Crippen LogP contribution in [-0.2, 0) is 10.5 Å². The van der Waals surface area contributed by atoms with Crippen molar-refractivity contribution >= 4 is 29.6 Å². The summed E-state index contributed by atoms with van der Waals surface area (Å²) in [5.74, 6) is 2.35. The van der Waals surface area contributed by atoms with Gasteiger partial charge in [0.15, 0.2) is 0 Å². The van der Waals surface area contributed by atoms with E-state index in [0.29, 0.717) is 23.3 Å². The molecule has 7 nitrogen and oxygen atoms in total. The van der Waals surface area contributed by atoms with E-state index in [4.69, 9.17) is 5.73 Å². The van der Waals surface area contributed by atoms with Crippen LogP contribution in [0.2, 0.25) is 0 Å². The summed E-state index contributed by atoms with van der Waals surface area (Å²) < 4.78 is 0. The normalized spacial score (nSPS) is 10.7. The molecule has 0 saturated carbocycles. The van der Waals surface area contributed by atoms with Crippen molar-refractivity contribution in [3.8, 4) is 0 Å². The summed E-state index contributed by atoms with van der Waals surface area (Å²) in [4.78, 5) is 27.7. The Labute approximate surface area is 124 Å². The van der Waals surface area contributed by atoms with Gasteiger partial charge in [-0.05, 0) is 13.8 Å². The van der Waals surface area contributed by atoms with E-state index in [1.54, 1.807) is 16.8 Å². The molecule has 1 aromatic rings. The molecule has 0 saturated heterocycles. The third-order valence-corrected chi connectivity index (χ3v) is 3.63. The molecule has 112 valence electrons. The van der Waals surface area contributed by atoms with Crippen molar-refractivity contribution in [2.75, 3.05) is 37.5 Å². The van der Waals surface area contributed by atoms with Gasteiger partial charge in [0.2, 0.25) is 17.8 Å². The zero-order chi connectivity index (χ0) is 15.3. The van der Waals surface area contributed by atoms with Gasteiger partial charge < -0.3 is 15.5 Å². The van der Waals surface area contributed by atoms with Crippen LogP contribution in [-0.4, -0.2) is 58.7 Å². The molecular formula is C12H22N6OS. The maximum absolute atomic E-state index is 11.8. The van der Waals surface area contributed by atoms with E-state index in [-0.39, 0.29) is 17.9 Å². The van der Waals surface area contributed by atoms with Gasteiger partial charge in [-0.2, -0.15) is 15.0 Å². The first-order valence-corrected chi connectivity index (χ1v) is 7.48. The Balaban J connectivity index is 2.56. The summed E-state index contributed by atoms with van der Waals surface area (Å²) in [6.07, 6.45) is 0. The van der Waals surface area contributed by atoms with Crippen LogP contribution in [0.4, 0.5) is 11.9 Å². The van der Waals surface area contributed by atoms with Gasteiger partial charge in [0, 0.05) is 27.2 Å². The molecule has 20 heavy (non-hydrogen) atoms. The fourth-order valence-electron chi connectivity index (χ4n) is 1.31. The van der Waals surface area contributed by atoms with Crippen molar-refractivity contribution in [3.63, 3.8) is 0 Å². The van der Waals surface area contributed by atoms with Gasteiger partial charge >= 0.3 is 0 Å². The van der Waals surface area contributed by atoms with Gasteiger partial charge in [-0.25, -0.2) is 0 Å². The number of hydrogen-bond acceptors (Lipinski definition) is 7. The Bertz CT molecular complexity index is 465. The number of rotatable bonds is 6. The third-order valence-electron chi connectivity index (χ3n) is 2.71.